The average Bonchev–Trinajstić information content (AvgIpc) is 2.59. The third kappa shape index (κ3) is 3.16. The quantitative estimate of drug-likeness (QED) is 0.941. The van der Waals surface area contributed by atoms with Crippen LogP contribution in [-0.4, -0.2) is 34.8 Å². The molecule has 2 aromatic rings. The number of hydrogen-bond donors (Lipinski definition) is 1. The normalized spacial score (nSPS) is 13.4. The molecule has 114 valence electrons. The van der Waals surface area contributed by atoms with E-state index >= 15 is 0 Å². The van der Waals surface area contributed by atoms with Crippen LogP contribution >= 0.6 is 0 Å². The molecule has 22 heavy (non-hydrogen) atoms. The van der Waals surface area contributed by atoms with Crippen LogP contribution in [0.5, 0.6) is 0 Å². The maximum absolute atomic E-state index is 12.2. The molecule has 3 rings (SSSR count). The summed E-state index contributed by atoms with van der Waals surface area (Å²) in [4.78, 5) is 13.9. The molecule has 0 saturated heterocycles. The van der Waals surface area contributed by atoms with Crippen molar-refractivity contribution < 1.29 is 9.53 Å². The summed E-state index contributed by atoms with van der Waals surface area (Å²) in [5, 5.41) is 11.2. The highest BCUT2D eigenvalue weighted by Gasteiger charge is 2.23. The van der Waals surface area contributed by atoms with Gasteiger partial charge in [-0.25, -0.2) is 4.79 Å². The Balaban J connectivity index is 1.62. The van der Waals surface area contributed by atoms with Gasteiger partial charge in [-0.3, -0.25) is 0 Å². The Kier molecular flexibility index (Phi) is 4.18. The number of carbonyl (C=O) groups excluding carboxylic acids is 1. The number of carbonyl (C=O) groups is 1. The van der Waals surface area contributed by atoms with E-state index in [1.165, 1.54) is 0 Å². The fourth-order valence-corrected chi connectivity index (χ4v) is 2.42. The van der Waals surface area contributed by atoms with Crippen molar-refractivity contribution in [1.29, 1.82) is 0 Å². The van der Waals surface area contributed by atoms with Crippen molar-refractivity contribution in [2.24, 2.45) is 0 Å². The third-order valence-electron chi connectivity index (χ3n) is 3.66. The zero-order chi connectivity index (χ0) is 15.4. The van der Waals surface area contributed by atoms with Gasteiger partial charge in [-0.05, 0) is 17.2 Å². The predicted molar refractivity (Wildman–Crippen MR) is 82.3 cm³/mol. The smallest absolute Gasteiger partial charge is 0.410 e. The highest BCUT2D eigenvalue weighted by atomic mass is 16.6. The Morgan fingerprint density at radius 1 is 1.32 bits per heavy atom. The number of hydrogen-bond acceptors (Lipinski definition) is 5. The second-order valence-electron chi connectivity index (χ2n) is 5.16. The van der Waals surface area contributed by atoms with Crippen molar-refractivity contribution in [1.82, 2.24) is 15.1 Å². The fourth-order valence-electron chi connectivity index (χ4n) is 2.42. The van der Waals surface area contributed by atoms with Crippen LogP contribution in [0.3, 0.4) is 0 Å². The van der Waals surface area contributed by atoms with E-state index in [9.17, 15) is 4.79 Å². The van der Waals surface area contributed by atoms with Crippen LogP contribution < -0.4 is 5.32 Å². The number of fused-ring (bicyclic) bond motifs is 1. The van der Waals surface area contributed by atoms with E-state index in [0.29, 0.717) is 31.9 Å². The Hall–Kier alpha value is -2.63. The maximum Gasteiger partial charge on any atom is 0.410 e. The summed E-state index contributed by atoms with van der Waals surface area (Å²) in [5.41, 5.74) is 2.95. The molecule has 1 aliphatic rings. The minimum atomic E-state index is -0.294. The van der Waals surface area contributed by atoms with Crippen LogP contribution in [0.25, 0.3) is 0 Å². The average molecular weight is 298 g/mol. The van der Waals surface area contributed by atoms with Crippen molar-refractivity contribution in [2.75, 3.05) is 18.9 Å². The largest absolute Gasteiger partial charge is 0.445 e. The SMILES string of the molecule is CNc1cc2c(nn1)CCN(C(=O)OCc1ccccc1)C2. The van der Waals surface area contributed by atoms with Gasteiger partial charge in [0.05, 0.1) is 12.2 Å². The Bertz CT molecular complexity index is 660. The molecular formula is C16H18N4O2. The molecule has 0 saturated carbocycles. The van der Waals surface area contributed by atoms with Crippen molar-refractivity contribution in [3.63, 3.8) is 0 Å². The van der Waals surface area contributed by atoms with E-state index in [0.717, 1.165) is 16.8 Å². The van der Waals surface area contributed by atoms with Crippen LogP contribution in [0.2, 0.25) is 0 Å². The topological polar surface area (TPSA) is 67.4 Å². The van der Waals surface area contributed by atoms with Gasteiger partial charge < -0.3 is 15.0 Å². The monoisotopic (exact) mass is 298 g/mol. The van der Waals surface area contributed by atoms with Gasteiger partial charge in [-0.2, -0.15) is 5.10 Å². The molecule has 0 aliphatic carbocycles. The van der Waals surface area contributed by atoms with E-state index in [1.807, 2.05) is 36.4 Å². The first-order valence-electron chi connectivity index (χ1n) is 7.25. The van der Waals surface area contributed by atoms with Crippen LogP contribution in [0.1, 0.15) is 16.8 Å². The van der Waals surface area contributed by atoms with Crippen molar-refractivity contribution in [3.05, 3.63) is 53.2 Å². The first-order valence-corrected chi connectivity index (χ1v) is 7.25. The highest BCUT2D eigenvalue weighted by molar-refractivity contribution is 5.68. The molecule has 6 nitrogen and oxygen atoms in total. The third-order valence-corrected chi connectivity index (χ3v) is 3.66. The van der Waals surface area contributed by atoms with Gasteiger partial charge in [0, 0.05) is 20.0 Å². The van der Waals surface area contributed by atoms with Gasteiger partial charge in [0.15, 0.2) is 0 Å². The van der Waals surface area contributed by atoms with Crippen LogP contribution in [0.15, 0.2) is 36.4 Å². The second-order valence-corrected chi connectivity index (χ2v) is 5.16. The predicted octanol–water partition coefficient (Wildman–Crippen LogP) is 2.21. The lowest BCUT2D eigenvalue weighted by Crippen LogP contribution is -2.36. The maximum atomic E-state index is 12.2. The summed E-state index contributed by atoms with van der Waals surface area (Å²) in [5.74, 6) is 0.707. The summed E-state index contributed by atoms with van der Waals surface area (Å²) in [7, 11) is 1.80. The second kappa shape index (κ2) is 6.43. The van der Waals surface area contributed by atoms with Crippen LogP contribution in [-0.2, 0) is 24.3 Å². The standard InChI is InChI=1S/C16H18N4O2/c1-17-15-9-13-10-20(8-7-14(13)18-19-15)16(21)22-11-12-5-3-2-4-6-12/h2-6,9H,7-8,10-11H2,1H3,(H,17,19). The van der Waals surface area contributed by atoms with Crippen molar-refractivity contribution >= 4 is 11.9 Å². The van der Waals surface area contributed by atoms with Crippen LogP contribution in [0, 0.1) is 0 Å². The molecule has 2 heterocycles. The van der Waals surface area contributed by atoms with Gasteiger partial charge >= 0.3 is 6.09 Å². The zero-order valence-electron chi connectivity index (χ0n) is 12.5. The van der Waals surface area contributed by atoms with Crippen molar-refractivity contribution in [2.45, 2.75) is 19.6 Å². The van der Waals surface area contributed by atoms with Gasteiger partial charge in [-0.15, -0.1) is 5.10 Å². The van der Waals surface area contributed by atoms with E-state index < -0.39 is 0 Å². The number of rotatable bonds is 3. The van der Waals surface area contributed by atoms with E-state index in [2.05, 4.69) is 15.5 Å². The molecule has 1 N–H and O–H groups in total. The lowest BCUT2D eigenvalue weighted by molar-refractivity contribution is 0.0915. The van der Waals surface area contributed by atoms with E-state index in [-0.39, 0.29) is 6.09 Å². The molecule has 1 aromatic carbocycles. The Morgan fingerprint density at radius 3 is 2.91 bits per heavy atom. The van der Waals surface area contributed by atoms with Crippen LogP contribution in [0.4, 0.5) is 10.6 Å². The van der Waals surface area contributed by atoms with Gasteiger partial charge in [0.2, 0.25) is 0 Å². The van der Waals surface area contributed by atoms with Gasteiger partial charge in [0.1, 0.15) is 12.4 Å². The minimum absolute atomic E-state index is 0.291. The van der Waals surface area contributed by atoms with E-state index in [1.54, 1.807) is 11.9 Å². The van der Waals surface area contributed by atoms with Crippen molar-refractivity contribution in [3.8, 4) is 0 Å². The minimum Gasteiger partial charge on any atom is -0.445 e. The first kappa shape index (κ1) is 14.3. The molecule has 0 atom stereocenters. The molecule has 1 amide bonds. The molecular weight excluding hydrogens is 280 g/mol. The molecule has 1 aliphatic heterocycles. The molecule has 0 radical (unpaired) electrons. The molecule has 0 spiro atoms. The number of nitrogens with one attached hydrogen (secondary N) is 1. The summed E-state index contributed by atoms with van der Waals surface area (Å²) < 4.78 is 5.37. The number of benzene rings is 1. The number of aromatic nitrogens is 2. The first-order chi connectivity index (χ1) is 10.8. The van der Waals surface area contributed by atoms with Gasteiger partial charge in [-0.1, -0.05) is 30.3 Å². The number of ether oxygens (including phenoxy) is 1. The summed E-state index contributed by atoms with van der Waals surface area (Å²) in [6.07, 6.45) is 0.407. The molecule has 1 aromatic heterocycles. The summed E-state index contributed by atoms with van der Waals surface area (Å²) in [6.45, 7) is 1.40. The summed E-state index contributed by atoms with van der Waals surface area (Å²) in [6, 6.07) is 11.6. The number of anilines is 1. The lowest BCUT2D eigenvalue weighted by Gasteiger charge is -2.27. The fraction of sp³-hybridized carbons (Fsp3) is 0.312. The number of amides is 1. The van der Waals surface area contributed by atoms with Gasteiger partial charge in [0.25, 0.3) is 0 Å². The zero-order valence-corrected chi connectivity index (χ0v) is 12.5. The molecule has 0 unspecified atom stereocenters. The van der Waals surface area contributed by atoms with E-state index in [4.69, 9.17) is 4.74 Å². The highest BCUT2D eigenvalue weighted by Crippen LogP contribution is 2.19. The Morgan fingerprint density at radius 2 is 2.14 bits per heavy atom. The molecule has 6 heteroatoms. The number of nitrogens with zero attached hydrogens (tertiary/aromatic N) is 3. The summed E-state index contributed by atoms with van der Waals surface area (Å²) >= 11 is 0. The molecule has 0 fully saturated rings. The lowest BCUT2D eigenvalue weighted by atomic mass is 10.1. The Labute approximate surface area is 129 Å². The molecule has 0 bridgehead atoms.